The van der Waals surface area contributed by atoms with Crippen LogP contribution < -0.4 is 11.1 Å². The van der Waals surface area contributed by atoms with Crippen LogP contribution in [0.2, 0.25) is 0 Å². The first-order valence-electron chi connectivity index (χ1n) is 6.20. The Morgan fingerprint density at radius 2 is 2.11 bits per heavy atom. The molecule has 2 rings (SSSR count). The number of carbonyl (C=O) groups is 1. The highest BCUT2D eigenvalue weighted by atomic mass is 32.1. The van der Waals surface area contributed by atoms with E-state index in [2.05, 4.69) is 19.2 Å². The predicted octanol–water partition coefficient (Wildman–Crippen LogP) is 2.63. The molecule has 1 saturated carbocycles. The number of nitrogens with zero attached hydrogens (tertiary/aromatic N) is 1. The number of thiophene rings is 1. The first-order chi connectivity index (χ1) is 8.31. The Morgan fingerprint density at radius 3 is 2.61 bits per heavy atom. The van der Waals surface area contributed by atoms with E-state index in [1.165, 1.54) is 24.2 Å². The molecule has 0 saturated heterocycles. The van der Waals surface area contributed by atoms with Crippen molar-refractivity contribution in [3.8, 4) is 0 Å². The topological polar surface area (TPSA) is 58.4 Å². The third-order valence-corrected chi connectivity index (χ3v) is 4.46. The van der Waals surface area contributed by atoms with Gasteiger partial charge in [0.15, 0.2) is 0 Å². The van der Waals surface area contributed by atoms with Gasteiger partial charge in [0.1, 0.15) is 4.88 Å². The summed E-state index contributed by atoms with van der Waals surface area (Å²) in [5.41, 5.74) is 6.56. The molecule has 0 unspecified atom stereocenters. The number of hydrogen-bond donors (Lipinski definition) is 2. The summed E-state index contributed by atoms with van der Waals surface area (Å²) in [6.07, 6.45) is 2.56. The largest absolute Gasteiger partial charge is 0.397 e. The van der Waals surface area contributed by atoms with Gasteiger partial charge < -0.3 is 16.0 Å². The first kappa shape index (κ1) is 13.2. The Morgan fingerprint density at radius 1 is 1.50 bits per heavy atom. The maximum Gasteiger partial charge on any atom is 0.265 e. The normalized spacial score (nSPS) is 15.6. The van der Waals surface area contributed by atoms with Gasteiger partial charge in [-0.1, -0.05) is 0 Å². The molecule has 0 aromatic carbocycles. The Bertz CT molecular complexity index is 461. The van der Waals surface area contributed by atoms with Crippen molar-refractivity contribution >= 4 is 27.9 Å². The van der Waals surface area contributed by atoms with Crippen molar-refractivity contribution in [2.24, 2.45) is 5.92 Å². The molecule has 0 radical (unpaired) electrons. The minimum atomic E-state index is -0.0326. The lowest BCUT2D eigenvalue weighted by atomic mass is 9.99. The molecule has 1 aliphatic rings. The summed E-state index contributed by atoms with van der Waals surface area (Å²) in [4.78, 5) is 14.1. The lowest BCUT2D eigenvalue weighted by Gasteiger charge is -2.26. The van der Waals surface area contributed by atoms with E-state index in [-0.39, 0.29) is 11.4 Å². The number of amides is 1. The Balaban J connectivity index is 2.16. The molecule has 1 amide bonds. The average molecular weight is 267 g/mol. The van der Waals surface area contributed by atoms with Gasteiger partial charge in [-0.05, 0) is 38.7 Å². The quantitative estimate of drug-likeness (QED) is 0.881. The van der Waals surface area contributed by atoms with Crippen LogP contribution in [0.5, 0.6) is 0 Å². The van der Waals surface area contributed by atoms with Crippen molar-refractivity contribution in [1.29, 1.82) is 0 Å². The van der Waals surface area contributed by atoms with Gasteiger partial charge in [0.25, 0.3) is 5.91 Å². The summed E-state index contributed by atoms with van der Waals surface area (Å²) < 4.78 is 0. The predicted molar refractivity (Wildman–Crippen MR) is 77.2 cm³/mol. The van der Waals surface area contributed by atoms with Gasteiger partial charge in [-0.15, -0.1) is 11.3 Å². The minimum Gasteiger partial charge on any atom is -0.397 e. The van der Waals surface area contributed by atoms with Gasteiger partial charge in [-0.25, -0.2) is 0 Å². The Kier molecular flexibility index (Phi) is 3.27. The fraction of sp³-hybridized carbons (Fsp3) is 0.615. The van der Waals surface area contributed by atoms with E-state index < -0.39 is 0 Å². The molecule has 0 atom stereocenters. The summed E-state index contributed by atoms with van der Waals surface area (Å²) in [5.74, 6) is 0.698. The molecule has 0 spiro atoms. The molecule has 0 aliphatic heterocycles. The molecule has 1 heterocycles. The zero-order chi connectivity index (χ0) is 13.5. The zero-order valence-corrected chi connectivity index (χ0v) is 12.2. The summed E-state index contributed by atoms with van der Waals surface area (Å²) in [6, 6.07) is 1.87. The lowest BCUT2D eigenvalue weighted by molar-refractivity contribution is 0.0833. The number of nitrogens with two attached hydrogens (primary N) is 1. The third-order valence-electron chi connectivity index (χ3n) is 3.40. The highest BCUT2D eigenvalue weighted by Gasteiger charge is 2.38. The van der Waals surface area contributed by atoms with Gasteiger partial charge in [0.2, 0.25) is 0 Å². The number of hydrogen-bond acceptors (Lipinski definition) is 4. The van der Waals surface area contributed by atoms with Gasteiger partial charge in [0, 0.05) is 19.6 Å². The van der Waals surface area contributed by atoms with Crippen molar-refractivity contribution < 1.29 is 4.79 Å². The maximum absolute atomic E-state index is 11.9. The highest BCUT2D eigenvalue weighted by Crippen LogP contribution is 2.42. The van der Waals surface area contributed by atoms with Crippen LogP contribution in [-0.4, -0.2) is 30.4 Å². The molecule has 1 fully saturated rings. The standard InChI is InChI=1S/C13H21N3OS/c1-13(2,8-5-6-8)15-10-7-9(14)11(18-10)12(17)16(3)4/h7-8,15H,5-6,14H2,1-4H3. The summed E-state index contributed by atoms with van der Waals surface area (Å²) in [6.45, 7) is 4.40. The molecular formula is C13H21N3OS. The molecule has 1 aromatic heterocycles. The fourth-order valence-electron chi connectivity index (χ4n) is 2.06. The molecule has 5 heteroatoms. The van der Waals surface area contributed by atoms with Crippen LogP contribution in [0.1, 0.15) is 36.4 Å². The second kappa shape index (κ2) is 4.46. The van der Waals surface area contributed by atoms with E-state index >= 15 is 0 Å². The molecule has 1 aromatic rings. The number of rotatable bonds is 4. The van der Waals surface area contributed by atoms with Crippen molar-refractivity contribution in [3.05, 3.63) is 10.9 Å². The van der Waals surface area contributed by atoms with Crippen LogP contribution in [0.25, 0.3) is 0 Å². The second-order valence-electron chi connectivity index (χ2n) is 5.72. The summed E-state index contributed by atoms with van der Waals surface area (Å²) in [7, 11) is 3.48. The van der Waals surface area contributed by atoms with Crippen LogP contribution in [-0.2, 0) is 0 Å². The molecular weight excluding hydrogens is 246 g/mol. The smallest absolute Gasteiger partial charge is 0.265 e. The van der Waals surface area contributed by atoms with E-state index in [9.17, 15) is 4.79 Å². The van der Waals surface area contributed by atoms with Crippen LogP contribution >= 0.6 is 11.3 Å². The maximum atomic E-state index is 11.9. The molecule has 4 nitrogen and oxygen atoms in total. The average Bonchev–Trinajstić information content (AvgIpc) is 3.03. The van der Waals surface area contributed by atoms with E-state index in [0.29, 0.717) is 10.6 Å². The van der Waals surface area contributed by atoms with E-state index in [4.69, 9.17) is 5.73 Å². The third kappa shape index (κ3) is 2.61. The number of carbonyl (C=O) groups excluding carboxylic acids is 1. The molecule has 100 valence electrons. The summed E-state index contributed by atoms with van der Waals surface area (Å²) in [5, 5.41) is 4.48. The first-order valence-corrected chi connectivity index (χ1v) is 7.02. The summed E-state index contributed by atoms with van der Waals surface area (Å²) >= 11 is 1.44. The van der Waals surface area contributed by atoms with Gasteiger partial charge in [-0.3, -0.25) is 4.79 Å². The van der Waals surface area contributed by atoms with Crippen LogP contribution in [0.3, 0.4) is 0 Å². The number of nitrogen functional groups attached to an aromatic ring is 1. The van der Waals surface area contributed by atoms with Crippen molar-refractivity contribution in [2.75, 3.05) is 25.1 Å². The highest BCUT2D eigenvalue weighted by molar-refractivity contribution is 7.18. The fourth-order valence-corrected chi connectivity index (χ4v) is 3.23. The molecule has 18 heavy (non-hydrogen) atoms. The number of nitrogens with one attached hydrogen (secondary N) is 1. The van der Waals surface area contributed by atoms with E-state index in [0.717, 1.165) is 10.9 Å². The van der Waals surface area contributed by atoms with Gasteiger partial charge in [-0.2, -0.15) is 0 Å². The van der Waals surface area contributed by atoms with Crippen LogP contribution in [0.15, 0.2) is 6.07 Å². The van der Waals surface area contributed by atoms with Crippen molar-refractivity contribution in [3.63, 3.8) is 0 Å². The van der Waals surface area contributed by atoms with Crippen LogP contribution in [0.4, 0.5) is 10.7 Å². The van der Waals surface area contributed by atoms with E-state index in [1.807, 2.05) is 6.07 Å². The van der Waals surface area contributed by atoms with Crippen molar-refractivity contribution in [1.82, 2.24) is 4.90 Å². The monoisotopic (exact) mass is 267 g/mol. The number of anilines is 2. The zero-order valence-electron chi connectivity index (χ0n) is 11.4. The lowest BCUT2D eigenvalue weighted by Crippen LogP contribution is -2.32. The Labute approximate surface area is 112 Å². The van der Waals surface area contributed by atoms with Gasteiger partial charge in [0.05, 0.1) is 10.7 Å². The van der Waals surface area contributed by atoms with Crippen LogP contribution in [0, 0.1) is 5.92 Å². The Hall–Kier alpha value is -1.23. The van der Waals surface area contributed by atoms with E-state index in [1.54, 1.807) is 19.0 Å². The second-order valence-corrected chi connectivity index (χ2v) is 6.77. The van der Waals surface area contributed by atoms with Gasteiger partial charge >= 0.3 is 0 Å². The SMILES string of the molecule is CN(C)C(=O)c1sc(NC(C)(C)C2CC2)cc1N. The molecule has 1 aliphatic carbocycles. The molecule has 0 bridgehead atoms. The molecule has 3 N–H and O–H groups in total. The van der Waals surface area contributed by atoms with Crippen molar-refractivity contribution in [2.45, 2.75) is 32.2 Å². The minimum absolute atomic E-state index is 0.0326.